The summed E-state index contributed by atoms with van der Waals surface area (Å²) in [7, 11) is 0. The van der Waals surface area contributed by atoms with Crippen LogP contribution in [0.25, 0.3) is 0 Å². The molecule has 0 aromatic heterocycles. The second-order valence-electron chi connectivity index (χ2n) is 3.77. The summed E-state index contributed by atoms with van der Waals surface area (Å²) in [6, 6.07) is 6.56. The van der Waals surface area contributed by atoms with Crippen molar-refractivity contribution in [1.29, 1.82) is 0 Å². The predicted octanol–water partition coefficient (Wildman–Crippen LogP) is 1.47. The van der Waals surface area contributed by atoms with Crippen LogP contribution in [0.5, 0.6) is 5.75 Å². The first-order chi connectivity index (χ1) is 8.04. The molecule has 0 aliphatic carbocycles. The molecule has 1 aromatic rings. The molecule has 0 aliphatic heterocycles. The molecule has 0 amide bonds. The van der Waals surface area contributed by atoms with Crippen LogP contribution in [0.4, 0.5) is 0 Å². The zero-order chi connectivity index (χ0) is 12.8. The van der Waals surface area contributed by atoms with Crippen LogP contribution >= 0.6 is 0 Å². The number of carboxylic acids is 1. The number of terminal acetylenes is 1. The maximum absolute atomic E-state index is 10.7. The van der Waals surface area contributed by atoms with Crippen LogP contribution in [0.3, 0.4) is 0 Å². The third kappa shape index (κ3) is 3.82. The van der Waals surface area contributed by atoms with E-state index in [-0.39, 0.29) is 24.9 Å². The highest BCUT2D eigenvalue weighted by atomic mass is 16.4. The first-order valence-electron chi connectivity index (χ1n) is 5.23. The summed E-state index contributed by atoms with van der Waals surface area (Å²) in [4.78, 5) is 12.4. The number of rotatable bonds is 5. The van der Waals surface area contributed by atoms with E-state index in [4.69, 9.17) is 11.5 Å². The van der Waals surface area contributed by atoms with Crippen molar-refractivity contribution < 1.29 is 15.0 Å². The lowest BCUT2D eigenvalue weighted by molar-refractivity contribution is -0.138. The van der Waals surface area contributed by atoms with E-state index in [0.717, 1.165) is 5.56 Å². The van der Waals surface area contributed by atoms with E-state index in [9.17, 15) is 9.90 Å². The average Bonchev–Trinajstić information content (AvgIpc) is 2.27. The fraction of sp³-hybridized carbons (Fsp3) is 0.308. The fourth-order valence-electron chi connectivity index (χ4n) is 1.62. The number of aliphatic carboxylic acids is 1. The van der Waals surface area contributed by atoms with Gasteiger partial charge < -0.3 is 10.2 Å². The SMILES string of the molecule is C#CCN(CC(=O)O)C(C)c1cccc(O)c1. The number of benzene rings is 1. The molecule has 1 unspecified atom stereocenters. The van der Waals surface area contributed by atoms with Crippen LogP contribution in [0.1, 0.15) is 18.5 Å². The van der Waals surface area contributed by atoms with Crippen LogP contribution in [0.15, 0.2) is 24.3 Å². The van der Waals surface area contributed by atoms with Gasteiger partial charge in [0.15, 0.2) is 0 Å². The Morgan fingerprint density at radius 3 is 2.82 bits per heavy atom. The van der Waals surface area contributed by atoms with E-state index in [1.807, 2.05) is 13.0 Å². The normalized spacial score (nSPS) is 12.1. The van der Waals surface area contributed by atoms with Gasteiger partial charge in [-0.15, -0.1) is 6.42 Å². The van der Waals surface area contributed by atoms with E-state index in [0.29, 0.717) is 0 Å². The van der Waals surface area contributed by atoms with Gasteiger partial charge >= 0.3 is 5.97 Å². The topological polar surface area (TPSA) is 60.8 Å². The van der Waals surface area contributed by atoms with Crippen LogP contribution in [-0.4, -0.2) is 34.2 Å². The summed E-state index contributed by atoms with van der Waals surface area (Å²) in [6.45, 7) is 1.99. The highest BCUT2D eigenvalue weighted by molar-refractivity contribution is 5.69. The summed E-state index contributed by atoms with van der Waals surface area (Å²) in [5.41, 5.74) is 0.835. The lowest BCUT2D eigenvalue weighted by Crippen LogP contribution is -2.32. The van der Waals surface area contributed by atoms with Crippen molar-refractivity contribution >= 4 is 5.97 Å². The molecule has 0 heterocycles. The van der Waals surface area contributed by atoms with Crippen molar-refractivity contribution in [1.82, 2.24) is 4.90 Å². The largest absolute Gasteiger partial charge is 0.508 e. The predicted molar refractivity (Wildman–Crippen MR) is 64.6 cm³/mol. The summed E-state index contributed by atoms with van der Waals surface area (Å²) in [5.74, 6) is 1.67. The lowest BCUT2D eigenvalue weighted by Gasteiger charge is -2.25. The van der Waals surface area contributed by atoms with Gasteiger partial charge in [-0.05, 0) is 24.6 Å². The molecule has 0 saturated carbocycles. The monoisotopic (exact) mass is 233 g/mol. The number of phenolic OH excluding ortho intramolecular Hbond substituents is 1. The Kier molecular flexibility index (Phi) is 4.56. The van der Waals surface area contributed by atoms with Gasteiger partial charge in [-0.2, -0.15) is 0 Å². The molecule has 1 rings (SSSR count). The Labute approximate surface area is 100 Å². The van der Waals surface area contributed by atoms with Crippen LogP contribution in [0.2, 0.25) is 0 Å². The smallest absolute Gasteiger partial charge is 0.317 e. The second kappa shape index (κ2) is 5.92. The Hall–Kier alpha value is -1.99. The number of carboxylic acid groups (broad SMARTS) is 1. The molecule has 2 N–H and O–H groups in total. The third-order valence-corrected chi connectivity index (χ3v) is 2.53. The molecule has 0 saturated heterocycles. The highest BCUT2D eigenvalue weighted by Crippen LogP contribution is 2.22. The van der Waals surface area contributed by atoms with Crippen molar-refractivity contribution in [3.63, 3.8) is 0 Å². The molecular weight excluding hydrogens is 218 g/mol. The fourth-order valence-corrected chi connectivity index (χ4v) is 1.62. The Morgan fingerprint density at radius 1 is 1.59 bits per heavy atom. The lowest BCUT2D eigenvalue weighted by atomic mass is 10.1. The van der Waals surface area contributed by atoms with Crippen molar-refractivity contribution in [3.05, 3.63) is 29.8 Å². The Bertz CT molecular complexity index is 437. The van der Waals surface area contributed by atoms with Gasteiger partial charge in [-0.25, -0.2) is 0 Å². The van der Waals surface area contributed by atoms with Crippen molar-refractivity contribution in [2.24, 2.45) is 0 Å². The molecule has 17 heavy (non-hydrogen) atoms. The maximum atomic E-state index is 10.7. The molecule has 0 spiro atoms. The Balaban J connectivity index is 2.87. The number of nitrogens with zero attached hydrogens (tertiary/aromatic N) is 1. The number of carbonyl (C=O) groups is 1. The quantitative estimate of drug-likeness (QED) is 0.756. The van der Waals surface area contributed by atoms with Crippen molar-refractivity contribution in [3.8, 4) is 18.1 Å². The molecular formula is C13H15NO3. The highest BCUT2D eigenvalue weighted by Gasteiger charge is 2.17. The van der Waals surface area contributed by atoms with Gasteiger partial charge in [0.25, 0.3) is 0 Å². The molecule has 0 aliphatic rings. The van der Waals surface area contributed by atoms with Crippen LogP contribution in [0, 0.1) is 12.3 Å². The van der Waals surface area contributed by atoms with E-state index >= 15 is 0 Å². The zero-order valence-electron chi connectivity index (χ0n) is 9.63. The van der Waals surface area contributed by atoms with Gasteiger partial charge in [0.1, 0.15) is 5.75 Å². The number of phenols is 1. The molecule has 90 valence electrons. The van der Waals surface area contributed by atoms with E-state index in [1.165, 1.54) is 0 Å². The minimum atomic E-state index is -0.924. The van der Waals surface area contributed by atoms with Gasteiger partial charge in [0.2, 0.25) is 0 Å². The van der Waals surface area contributed by atoms with Crippen LogP contribution < -0.4 is 0 Å². The third-order valence-electron chi connectivity index (χ3n) is 2.53. The maximum Gasteiger partial charge on any atom is 0.317 e. The van der Waals surface area contributed by atoms with E-state index < -0.39 is 5.97 Å². The number of hydrogen-bond donors (Lipinski definition) is 2. The van der Waals surface area contributed by atoms with Crippen molar-refractivity contribution in [2.45, 2.75) is 13.0 Å². The first kappa shape index (κ1) is 13.1. The molecule has 4 heteroatoms. The first-order valence-corrected chi connectivity index (χ1v) is 5.23. The standard InChI is InChI=1S/C13H15NO3/c1-3-7-14(9-13(16)17)10(2)11-5-4-6-12(15)8-11/h1,4-6,8,10,15H,7,9H2,2H3,(H,16,17). The molecule has 4 nitrogen and oxygen atoms in total. The van der Waals surface area contributed by atoms with Gasteiger partial charge in [-0.3, -0.25) is 9.69 Å². The van der Waals surface area contributed by atoms with Crippen LogP contribution in [-0.2, 0) is 4.79 Å². The Morgan fingerprint density at radius 2 is 2.29 bits per heavy atom. The minimum absolute atomic E-state index is 0.124. The van der Waals surface area contributed by atoms with Gasteiger partial charge in [-0.1, -0.05) is 18.1 Å². The van der Waals surface area contributed by atoms with E-state index in [2.05, 4.69) is 5.92 Å². The summed E-state index contributed by atoms with van der Waals surface area (Å²) >= 11 is 0. The summed E-state index contributed by atoms with van der Waals surface area (Å²) in [6.07, 6.45) is 5.22. The van der Waals surface area contributed by atoms with E-state index in [1.54, 1.807) is 23.1 Å². The number of aromatic hydroxyl groups is 1. The van der Waals surface area contributed by atoms with Gasteiger partial charge in [0.05, 0.1) is 13.1 Å². The van der Waals surface area contributed by atoms with Gasteiger partial charge in [0, 0.05) is 6.04 Å². The van der Waals surface area contributed by atoms with Crippen molar-refractivity contribution in [2.75, 3.05) is 13.1 Å². The zero-order valence-corrected chi connectivity index (χ0v) is 9.63. The molecule has 0 radical (unpaired) electrons. The minimum Gasteiger partial charge on any atom is -0.508 e. The molecule has 1 atom stereocenters. The number of hydrogen-bond acceptors (Lipinski definition) is 3. The molecule has 1 aromatic carbocycles. The molecule has 0 bridgehead atoms. The summed E-state index contributed by atoms with van der Waals surface area (Å²) in [5, 5.41) is 18.2. The second-order valence-corrected chi connectivity index (χ2v) is 3.77. The molecule has 0 fully saturated rings. The average molecular weight is 233 g/mol. The summed E-state index contributed by atoms with van der Waals surface area (Å²) < 4.78 is 0.